The summed E-state index contributed by atoms with van der Waals surface area (Å²) in [5.74, 6) is -1.40. The molecule has 4 nitrogen and oxygen atoms in total. The lowest BCUT2D eigenvalue weighted by molar-refractivity contribution is -0.255. The zero-order valence-corrected chi connectivity index (χ0v) is 10.6. The van der Waals surface area contributed by atoms with Gasteiger partial charge in [-0.1, -0.05) is 36.4 Å². The van der Waals surface area contributed by atoms with E-state index in [9.17, 15) is 14.7 Å². The molecular formula is C16H12NO3-. The van der Waals surface area contributed by atoms with Gasteiger partial charge >= 0.3 is 0 Å². The quantitative estimate of drug-likeness (QED) is 0.884. The summed E-state index contributed by atoms with van der Waals surface area (Å²) in [6, 6.07) is 14.0. The molecule has 2 aromatic rings. The summed E-state index contributed by atoms with van der Waals surface area (Å²) in [4.78, 5) is 23.0. The van der Waals surface area contributed by atoms with Crippen molar-refractivity contribution in [3.63, 3.8) is 0 Å². The van der Waals surface area contributed by atoms with Crippen molar-refractivity contribution in [2.24, 2.45) is 0 Å². The molecule has 0 unspecified atom stereocenters. The first-order valence-corrected chi connectivity index (χ1v) is 6.35. The van der Waals surface area contributed by atoms with Crippen LogP contribution in [0.25, 0.3) is 0 Å². The van der Waals surface area contributed by atoms with Gasteiger partial charge in [0.1, 0.15) is 0 Å². The summed E-state index contributed by atoms with van der Waals surface area (Å²) in [6.45, 7) is 0. The second kappa shape index (κ2) is 4.81. The first-order valence-electron chi connectivity index (χ1n) is 6.35. The van der Waals surface area contributed by atoms with E-state index in [0.717, 1.165) is 11.1 Å². The highest BCUT2D eigenvalue weighted by atomic mass is 16.4. The molecule has 1 amide bonds. The predicted molar refractivity (Wildman–Crippen MR) is 71.1 cm³/mol. The first kappa shape index (κ1) is 12.4. The van der Waals surface area contributed by atoms with Crippen LogP contribution in [0.4, 0.5) is 0 Å². The monoisotopic (exact) mass is 266 g/mol. The van der Waals surface area contributed by atoms with Gasteiger partial charge in [0, 0.05) is 5.56 Å². The lowest BCUT2D eigenvalue weighted by Gasteiger charge is -2.26. The zero-order chi connectivity index (χ0) is 14.1. The van der Waals surface area contributed by atoms with Crippen molar-refractivity contribution in [3.8, 4) is 0 Å². The Bertz CT molecular complexity index is 679. The van der Waals surface area contributed by atoms with Crippen LogP contribution < -0.4 is 10.4 Å². The minimum Gasteiger partial charge on any atom is -0.545 e. The fraction of sp³-hybridized carbons (Fsp3) is 0.125. The molecule has 20 heavy (non-hydrogen) atoms. The molecular weight excluding hydrogens is 254 g/mol. The van der Waals surface area contributed by atoms with Crippen LogP contribution in [0.5, 0.6) is 0 Å². The molecule has 1 heterocycles. The molecule has 0 fully saturated rings. The molecule has 1 aliphatic heterocycles. The molecule has 0 saturated heterocycles. The number of amides is 1. The van der Waals surface area contributed by atoms with Gasteiger partial charge in [-0.05, 0) is 35.2 Å². The molecule has 3 rings (SSSR count). The lowest BCUT2D eigenvalue weighted by atomic mass is 9.90. The summed E-state index contributed by atoms with van der Waals surface area (Å²) in [5.41, 5.74) is 2.38. The molecule has 0 aliphatic carbocycles. The number of hydrogen-bond acceptors (Lipinski definition) is 3. The van der Waals surface area contributed by atoms with Crippen molar-refractivity contribution in [1.29, 1.82) is 0 Å². The number of carboxylic acids is 1. The number of aromatic carboxylic acids is 1. The Morgan fingerprint density at radius 3 is 2.60 bits per heavy atom. The summed E-state index contributed by atoms with van der Waals surface area (Å²) in [5, 5.41) is 13.8. The van der Waals surface area contributed by atoms with Gasteiger partial charge in [-0.2, -0.15) is 0 Å². The Morgan fingerprint density at radius 1 is 1.15 bits per heavy atom. The first-order chi connectivity index (χ1) is 9.65. The Hall–Kier alpha value is -2.62. The second-order valence-corrected chi connectivity index (χ2v) is 4.80. The third-order valence-electron chi connectivity index (χ3n) is 3.52. The van der Waals surface area contributed by atoms with Crippen LogP contribution in [0, 0.1) is 0 Å². The number of hydrogen-bond donors (Lipinski definition) is 1. The van der Waals surface area contributed by atoms with E-state index in [4.69, 9.17) is 0 Å². The molecule has 0 aromatic heterocycles. The van der Waals surface area contributed by atoms with Crippen LogP contribution in [0.1, 0.15) is 37.9 Å². The standard InChI is InChI=1S/C16H13NO3/c18-15-13-7-6-11(16(19)20)8-12(13)9-14(17-15)10-4-2-1-3-5-10/h1-8,14H,9H2,(H,17,18)(H,19,20)/p-1/t14-/m1/s1. The largest absolute Gasteiger partial charge is 0.545 e. The number of carbonyl (C=O) groups is 2. The molecule has 4 heteroatoms. The van der Waals surface area contributed by atoms with Gasteiger partial charge in [-0.3, -0.25) is 4.79 Å². The summed E-state index contributed by atoms with van der Waals surface area (Å²) >= 11 is 0. The van der Waals surface area contributed by atoms with E-state index >= 15 is 0 Å². The Kier molecular flexibility index (Phi) is 2.99. The third-order valence-corrected chi connectivity index (χ3v) is 3.52. The van der Waals surface area contributed by atoms with Crippen LogP contribution in [0.3, 0.4) is 0 Å². The van der Waals surface area contributed by atoms with E-state index < -0.39 is 5.97 Å². The molecule has 100 valence electrons. The smallest absolute Gasteiger partial charge is 0.252 e. The Labute approximate surface area is 116 Å². The van der Waals surface area contributed by atoms with Crippen LogP contribution >= 0.6 is 0 Å². The van der Waals surface area contributed by atoms with E-state index in [2.05, 4.69) is 5.32 Å². The number of carbonyl (C=O) groups excluding carboxylic acids is 2. The van der Waals surface area contributed by atoms with Crippen molar-refractivity contribution in [2.75, 3.05) is 0 Å². The Morgan fingerprint density at radius 2 is 1.90 bits per heavy atom. The van der Waals surface area contributed by atoms with Gasteiger partial charge in [0.15, 0.2) is 0 Å². The number of benzene rings is 2. The maximum Gasteiger partial charge on any atom is 0.252 e. The third kappa shape index (κ3) is 2.16. The number of rotatable bonds is 2. The summed E-state index contributed by atoms with van der Waals surface area (Å²) in [7, 11) is 0. The van der Waals surface area contributed by atoms with E-state index in [1.807, 2.05) is 30.3 Å². The molecule has 0 spiro atoms. The summed E-state index contributed by atoms with van der Waals surface area (Å²) in [6.07, 6.45) is 0.576. The van der Waals surface area contributed by atoms with Gasteiger partial charge in [0.2, 0.25) is 0 Å². The van der Waals surface area contributed by atoms with Crippen LogP contribution in [-0.2, 0) is 6.42 Å². The van der Waals surface area contributed by atoms with E-state index in [-0.39, 0.29) is 17.5 Å². The van der Waals surface area contributed by atoms with Crippen LogP contribution in [0.2, 0.25) is 0 Å². The SMILES string of the molecule is O=C([O-])c1ccc2c(c1)C[C@H](c1ccccc1)NC2=O. The fourth-order valence-electron chi connectivity index (χ4n) is 2.50. The molecule has 0 saturated carbocycles. The fourth-order valence-corrected chi connectivity index (χ4v) is 2.50. The molecule has 0 radical (unpaired) electrons. The van der Waals surface area contributed by atoms with Gasteiger partial charge < -0.3 is 15.2 Å². The van der Waals surface area contributed by atoms with Gasteiger partial charge in [0.05, 0.1) is 12.0 Å². The molecule has 2 aromatic carbocycles. The van der Waals surface area contributed by atoms with Gasteiger partial charge in [-0.25, -0.2) is 0 Å². The maximum absolute atomic E-state index is 12.1. The van der Waals surface area contributed by atoms with E-state index in [1.165, 1.54) is 18.2 Å². The second-order valence-electron chi connectivity index (χ2n) is 4.80. The summed E-state index contributed by atoms with van der Waals surface area (Å²) < 4.78 is 0. The lowest BCUT2D eigenvalue weighted by Crippen LogP contribution is -2.35. The minimum absolute atomic E-state index is 0.102. The highest BCUT2D eigenvalue weighted by Crippen LogP contribution is 2.26. The Balaban J connectivity index is 1.99. The van der Waals surface area contributed by atoms with Crippen LogP contribution in [-0.4, -0.2) is 11.9 Å². The van der Waals surface area contributed by atoms with Gasteiger partial charge in [-0.15, -0.1) is 0 Å². The van der Waals surface area contributed by atoms with Crippen molar-refractivity contribution >= 4 is 11.9 Å². The van der Waals surface area contributed by atoms with Crippen molar-refractivity contribution in [2.45, 2.75) is 12.5 Å². The number of carboxylic acid groups (broad SMARTS) is 1. The van der Waals surface area contributed by atoms with Crippen molar-refractivity contribution < 1.29 is 14.7 Å². The maximum atomic E-state index is 12.1. The van der Waals surface area contributed by atoms with Crippen LogP contribution in [0.15, 0.2) is 48.5 Å². The topological polar surface area (TPSA) is 69.2 Å². The van der Waals surface area contributed by atoms with Crippen molar-refractivity contribution in [3.05, 3.63) is 70.8 Å². The zero-order valence-electron chi connectivity index (χ0n) is 10.6. The molecule has 0 bridgehead atoms. The highest BCUT2D eigenvalue weighted by molar-refractivity contribution is 5.98. The van der Waals surface area contributed by atoms with E-state index in [1.54, 1.807) is 0 Å². The van der Waals surface area contributed by atoms with Gasteiger partial charge in [0.25, 0.3) is 5.91 Å². The molecule has 1 atom stereocenters. The average Bonchev–Trinajstić information content (AvgIpc) is 2.47. The molecule has 1 N–H and O–H groups in total. The normalized spacial score (nSPS) is 17.2. The van der Waals surface area contributed by atoms with Crippen molar-refractivity contribution in [1.82, 2.24) is 5.32 Å². The number of fused-ring (bicyclic) bond motifs is 1. The number of nitrogens with one attached hydrogen (secondary N) is 1. The molecule has 1 aliphatic rings. The predicted octanol–water partition coefficient (Wildman–Crippen LogP) is 1.08. The highest BCUT2D eigenvalue weighted by Gasteiger charge is 2.25. The van der Waals surface area contributed by atoms with E-state index in [0.29, 0.717) is 12.0 Å². The average molecular weight is 266 g/mol. The minimum atomic E-state index is -1.23.